The van der Waals surface area contributed by atoms with E-state index in [4.69, 9.17) is 14.0 Å². The van der Waals surface area contributed by atoms with Crippen molar-refractivity contribution in [2.45, 2.75) is 63.8 Å². The first-order valence-electron chi connectivity index (χ1n) is 12.3. The van der Waals surface area contributed by atoms with E-state index in [9.17, 15) is 9.18 Å². The number of likely N-dealkylation sites (tertiary alicyclic amines) is 1. The van der Waals surface area contributed by atoms with Crippen molar-refractivity contribution in [1.29, 1.82) is 0 Å². The van der Waals surface area contributed by atoms with Gasteiger partial charge in [-0.25, -0.2) is 4.39 Å². The van der Waals surface area contributed by atoms with Crippen molar-refractivity contribution in [3.63, 3.8) is 0 Å². The summed E-state index contributed by atoms with van der Waals surface area (Å²) in [6.07, 6.45) is 3.58. The normalized spacial score (nSPS) is 23.3. The second kappa shape index (κ2) is 8.79. The van der Waals surface area contributed by atoms with Gasteiger partial charge in [-0.2, -0.15) is 0 Å². The van der Waals surface area contributed by atoms with Crippen LogP contribution in [0.2, 0.25) is 0 Å². The lowest BCUT2D eigenvalue weighted by Crippen LogP contribution is -2.42. The van der Waals surface area contributed by atoms with E-state index < -0.39 is 0 Å². The van der Waals surface area contributed by atoms with E-state index in [0.717, 1.165) is 53.9 Å². The van der Waals surface area contributed by atoms with Crippen LogP contribution in [0.1, 0.15) is 54.1 Å². The number of piperidine rings is 1. The van der Waals surface area contributed by atoms with Gasteiger partial charge in [-0.1, -0.05) is 29.4 Å². The number of hydrogen-bond acceptors (Lipinski definition) is 5. The second-order valence-corrected chi connectivity index (χ2v) is 9.98. The predicted molar refractivity (Wildman–Crippen MR) is 127 cm³/mol. The summed E-state index contributed by atoms with van der Waals surface area (Å²) in [6.45, 7) is 2.75. The maximum Gasteiger partial charge on any atom is 0.228 e. The quantitative estimate of drug-likeness (QED) is 0.437. The number of carbonyl (C=O) groups is 1. The minimum Gasteiger partial charge on any atom is -0.497 e. The van der Waals surface area contributed by atoms with Gasteiger partial charge in [-0.15, -0.1) is 0 Å². The number of ether oxygens (including phenoxy) is 2. The third-order valence-electron chi connectivity index (χ3n) is 7.70. The maximum absolute atomic E-state index is 14.7. The van der Waals surface area contributed by atoms with Crippen LogP contribution in [-0.2, 0) is 22.7 Å². The molecule has 3 atom stereocenters. The predicted octanol–water partition coefficient (Wildman–Crippen LogP) is 5.38. The van der Waals surface area contributed by atoms with E-state index in [2.05, 4.69) is 5.16 Å². The van der Waals surface area contributed by atoms with E-state index in [-0.39, 0.29) is 36.4 Å². The monoisotopic (exact) mass is 476 g/mol. The van der Waals surface area contributed by atoms with Crippen LogP contribution >= 0.6 is 0 Å². The Hall–Kier alpha value is -3.19. The Bertz CT molecular complexity index is 1230. The fourth-order valence-corrected chi connectivity index (χ4v) is 5.65. The lowest BCUT2D eigenvalue weighted by atomic mass is 9.99. The molecule has 2 heterocycles. The van der Waals surface area contributed by atoms with Crippen molar-refractivity contribution in [2.75, 3.05) is 7.11 Å². The lowest BCUT2D eigenvalue weighted by Gasteiger charge is -2.31. The zero-order valence-electron chi connectivity index (χ0n) is 20.0. The molecule has 1 aromatic heterocycles. The molecule has 2 saturated carbocycles. The van der Waals surface area contributed by atoms with E-state index >= 15 is 0 Å². The summed E-state index contributed by atoms with van der Waals surface area (Å²) in [7, 11) is 1.64. The van der Waals surface area contributed by atoms with Gasteiger partial charge in [0.1, 0.15) is 23.0 Å². The van der Waals surface area contributed by atoms with Gasteiger partial charge in [-0.3, -0.25) is 4.79 Å². The molecule has 6 nitrogen and oxygen atoms in total. The summed E-state index contributed by atoms with van der Waals surface area (Å²) in [6, 6.07) is 13.1. The molecule has 2 aliphatic carbocycles. The average molecular weight is 477 g/mol. The third-order valence-corrected chi connectivity index (χ3v) is 7.70. The van der Waals surface area contributed by atoms with E-state index in [1.165, 1.54) is 6.07 Å². The number of carbonyl (C=O) groups excluding carboxylic acids is 1. The molecule has 1 saturated heterocycles. The fourth-order valence-electron chi connectivity index (χ4n) is 5.65. The van der Waals surface area contributed by atoms with Crippen LogP contribution in [0.4, 0.5) is 4.39 Å². The first-order valence-corrected chi connectivity index (χ1v) is 12.3. The highest BCUT2D eigenvalue weighted by molar-refractivity contribution is 5.83. The smallest absolute Gasteiger partial charge is 0.228 e. The van der Waals surface area contributed by atoms with Crippen LogP contribution in [0.5, 0.6) is 5.75 Å². The zero-order chi connectivity index (χ0) is 24.1. The molecule has 35 heavy (non-hydrogen) atoms. The number of amides is 1. The molecule has 0 unspecified atom stereocenters. The van der Waals surface area contributed by atoms with Crippen LogP contribution in [0, 0.1) is 18.7 Å². The Kier molecular flexibility index (Phi) is 5.60. The van der Waals surface area contributed by atoms with Gasteiger partial charge in [0.05, 0.1) is 25.7 Å². The molecule has 1 aliphatic heterocycles. The number of hydrogen-bond donors (Lipinski definition) is 0. The standard InChI is InChI=1S/C28H29FN2O4/c1-16-4-3-5-23(29)25(16)26-22(27(35-30-26)18-8-9-18)15-34-24-13-19-12-21(24)28(32)31(19)14-17-6-10-20(33-2)11-7-17/h3-7,10-11,18-19,21,24H,8-9,12-15H2,1-2H3/t19-,21+,24+/m0/s1. The topological polar surface area (TPSA) is 64.8 Å². The minimum atomic E-state index is -0.314. The summed E-state index contributed by atoms with van der Waals surface area (Å²) in [5.74, 6) is 1.63. The molecule has 6 rings (SSSR count). The van der Waals surface area contributed by atoms with E-state index in [1.54, 1.807) is 13.2 Å². The molecule has 7 heteroatoms. The van der Waals surface area contributed by atoms with Crippen LogP contribution in [0.3, 0.4) is 0 Å². The lowest BCUT2D eigenvalue weighted by molar-refractivity contribution is -0.141. The number of halogens is 1. The van der Waals surface area contributed by atoms with Crippen LogP contribution in [-0.4, -0.2) is 35.2 Å². The number of aryl methyl sites for hydroxylation is 1. The van der Waals surface area contributed by atoms with Gasteiger partial charge < -0.3 is 18.9 Å². The van der Waals surface area contributed by atoms with Gasteiger partial charge in [0.25, 0.3) is 0 Å². The minimum absolute atomic E-state index is 0.138. The molecule has 1 amide bonds. The molecule has 0 radical (unpaired) electrons. The number of aromatic nitrogens is 1. The van der Waals surface area contributed by atoms with Gasteiger partial charge >= 0.3 is 0 Å². The molecule has 2 aromatic carbocycles. The van der Waals surface area contributed by atoms with Gasteiger partial charge in [0.2, 0.25) is 5.91 Å². The molecule has 3 aliphatic rings. The Labute approximate surface area is 204 Å². The van der Waals surface area contributed by atoms with Gasteiger partial charge in [-0.05, 0) is 61.9 Å². The highest BCUT2D eigenvalue weighted by Crippen LogP contribution is 2.46. The summed E-state index contributed by atoms with van der Waals surface area (Å²) < 4.78 is 32.0. The van der Waals surface area contributed by atoms with Crippen molar-refractivity contribution < 1.29 is 23.2 Å². The van der Waals surface area contributed by atoms with Crippen molar-refractivity contribution >= 4 is 5.91 Å². The van der Waals surface area contributed by atoms with E-state index in [1.807, 2.05) is 42.2 Å². The number of fused-ring (bicyclic) bond motifs is 2. The van der Waals surface area contributed by atoms with Crippen LogP contribution < -0.4 is 4.74 Å². The van der Waals surface area contributed by atoms with Crippen molar-refractivity contribution in [1.82, 2.24) is 10.1 Å². The van der Waals surface area contributed by atoms with Gasteiger partial charge in [0.15, 0.2) is 0 Å². The second-order valence-electron chi connectivity index (χ2n) is 9.98. The van der Waals surface area contributed by atoms with Crippen molar-refractivity contribution in [3.8, 4) is 17.0 Å². The summed E-state index contributed by atoms with van der Waals surface area (Å²) >= 11 is 0. The highest BCUT2D eigenvalue weighted by atomic mass is 19.1. The molecular weight excluding hydrogens is 447 g/mol. The fraction of sp³-hybridized carbons (Fsp3) is 0.429. The summed E-state index contributed by atoms with van der Waals surface area (Å²) in [5.41, 5.74) is 3.72. The zero-order valence-corrected chi connectivity index (χ0v) is 20.0. The molecule has 182 valence electrons. The molecule has 3 aromatic rings. The van der Waals surface area contributed by atoms with Crippen LogP contribution in [0.15, 0.2) is 47.0 Å². The van der Waals surface area contributed by atoms with Crippen LogP contribution in [0.25, 0.3) is 11.3 Å². The van der Waals surface area contributed by atoms with Crippen molar-refractivity contribution in [2.24, 2.45) is 5.92 Å². The highest BCUT2D eigenvalue weighted by Gasteiger charge is 2.51. The Morgan fingerprint density at radius 2 is 1.94 bits per heavy atom. The van der Waals surface area contributed by atoms with Gasteiger partial charge in [0, 0.05) is 29.6 Å². The number of benzene rings is 2. The van der Waals surface area contributed by atoms with E-state index in [0.29, 0.717) is 23.7 Å². The maximum atomic E-state index is 14.7. The number of methoxy groups -OCH3 is 1. The molecule has 2 bridgehead atoms. The summed E-state index contributed by atoms with van der Waals surface area (Å²) in [4.78, 5) is 15.2. The average Bonchev–Trinajstić information content (AvgIpc) is 3.38. The van der Waals surface area contributed by atoms with Crippen molar-refractivity contribution in [3.05, 3.63) is 70.7 Å². The Morgan fingerprint density at radius 3 is 2.63 bits per heavy atom. The molecule has 0 N–H and O–H groups in total. The Morgan fingerprint density at radius 1 is 1.14 bits per heavy atom. The summed E-state index contributed by atoms with van der Waals surface area (Å²) in [5, 5.41) is 4.27. The molecular formula is C28H29FN2O4. The third kappa shape index (κ3) is 4.01. The largest absolute Gasteiger partial charge is 0.497 e. The first kappa shape index (κ1) is 22.3. The molecule has 0 spiro atoms. The number of nitrogens with zero attached hydrogens (tertiary/aromatic N) is 2. The number of rotatable bonds is 8. The SMILES string of the molecule is COc1ccc(CN2C(=O)[C@@H]3C[C@H]2C[C@H]3OCc2c(-c3c(C)cccc3F)noc2C2CC2)cc1. The molecule has 3 fully saturated rings. The first-order chi connectivity index (χ1) is 17.0. The Balaban J connectivity index is 1.17.